The summed E-state index contributed by atoms with van der Waals surface area (Å²) in [4.78, 5) is 24.5. The van der Waals surface area contributed by atoms with Crippen molar-refractivity contribution in [2.75, 3.05) is 17.2 Å². The molecule has 1 fully saturated rings. The van der Waals surface area contributed by atoms with Gasteiger partial charge in [0.25, 0.3) is 5.91 Å². The average Bonchev–Trinajstić information content (AvgIpc) is 3.38. The van der Waals surface area contributed by atoms with Crippen molar-refractivity contribution in [2.45, 2.75) is 32.7 Å². The smallest absolute Gasteiger partial charge is 0.253 e. The molecule has 0 unspecified atom stereocenters. The van der Waals surface area contributed by atoms with Gasteiger partial charge in [-0.1, -0.05) is 29.8 Å². The van der Waals surface area contributed by atoms with Crippen molar-refractivity contribution in [1.82, 2.24) is 5.32 Å². The number of para-hydroxylation sites is 1. The fourth-order valence-corrected chi connectivity index (χ4v) is 2.66. The fraction of sp³-hybridized carbons (Fsp3) is 0.300. The molecule has 3 rings (SSSR count). The molecule has 1 saturated carbocycles. The van der Waals surface area contributed by atoms with E-state index in [1.54, 1.807) is 24.3 Å². The van der Waals surface area contributed by atoms with Crippen LogP contribution in [0.25, 0.3) is 0 Å². The van der Waals surface area contributed by atoms with Crippen molar-refractivity contribution in [3.05, 3.63) is 59.2 Å². The first kappa shape index (κ1) is 17.0. The van der Waals surface area contributed by atoms with Gasteiger partial charge in [0.1, 0.15) is 0 Å². The van der Waals surface area contributed by atoms with Gasteiger partial charge in [-0.05, 0) is 50.5 Å². The predicted molar refractivity (Wildman–Crippen MR) is 100.0 cm³/mol. The monoisotopic (exact) mass is 337 g/mol. The summed E-state index contributed by atoms with van der Waals surface area (Å²) >= 11 is 0. The zero-order chi connectivity index (χ0) is 17.8. The van der Waals surface area contributed by atoms with Crippen LogP contribution in [-0.4, -0.2) is 24.4 Å². The van der Waals surface area contributed by atoms with Crippen LogP contribution in [0.4, 0.5) is 11.4 Å². The Balaban J connectivity index is 1.61. The van der Waals surface area contributed by atoms with E-state index in [2.05, 4.69) is 22.0 Å². The number of carbonyl (C=O) groups excluding carboxylic acids is 2. The standard InChI is InChI=1S/C20H23N3O2/c1-13-7-10-17(14(2)11-13)21-12-19(24)23-18-6-4-3-5-16(18)20(25)22-15-8-9-15/h3-7,10-11,15,21H,8-9,12H2,1-2H3,(H,22,25)(H,23,24). The van der Waals surface area contributed by atoms with Gasteiger partial charge in [-0.15, -0.1) is 0 Å². The van der Waals surface area contributed by atoms with Gasteiger partial charge in [0.15, 0.2) is 0 Å². The summed E-state index contributed by atoms with van der Waals surface area (Å²) in [6, 6.07) is 13.4. The lowest BCUT2D eigenvalue weighted by Crippen LogP contribution is -2.28. The van der Waals surface area contributed by atoms with Crippen LogP contribution in [0.15, 0.2) is 42.5 Å². The van der Waals surface area contributed by atoms with Crippen LogP contribution in [0.2, 0.25) is 0 Å². The Morgan fingerprint density at radius 1 is 1.04 bits per heavy atom. The molecule has 0 aromatic heterocycles. The number of aryl methyl sites for hydroxylation is 2. The maximum Gasteiger partial charge on any atom is 0.253 e. The molecule has 5 heteroatoms. The highest BCUT2D eigenvalue weighted by Gasteiger charge is 2.24. The van der Waals surface area contributed by atoms with Crippen molar-refractivity contribution < 1.29 is 9.59 Å². The number of hydrogen-bond acceptors (Lipinski definition) is 3. The normalized spacial score (nSPS) is 13.2. The van der Waals surface area contributed by atoms with E-state index in [9.17, 15) is 9.59 Å². The Morgan fingerprint density at radius 2 is 1.80 bits per heavy atom. The highest BCUT2D eigenvalue weighted by molar-refractivity contribution is 6.04. The summed E-state index contributed by atoms with van der Waals surface area (Å²) < 4.78 is 0. The van der Waals surface area contributed by atoms with Gasteiger partial charge in [0.05, 0.1) is 17.8 Å². The predicted octanol–water partition coefficient (Wildman–Crippen LogP) is 3.25. The molecule has 1 aliphatic carbocycles. The number of anilines is 2. The van der Waals surface area contributed by atoms with Gasteiger partial charge in [-0.3, -0.25) is 9.59 Å². The quantitative estimate of drug-likeness (QED) is 0.758. The van der Waals surface area contributed by atoms with Crippen molar-refractivity contribution >= 4 is 23.2 Å². The molecule has 3 N–H and O–H groups in total. The molecule has 0 radical (unpaired) electrons. The molecule has 0 spiro atoms. The van der Waals surface area contributed by atoms with Gasteiger partial charge >= 0.3 is 0 Å². The number of nitrogens with one attached hydrogen (secondary N) is 3. The Labute approximate surface area is 147 Å². The molecule has 5 nitrogen and oxygen atoms in total. The van der Waals surface area contributed by atoms with E-state index >= 15 is 0 Å². The van der Waals surface area contributed by atoms with Crippen LogP contribution in [0.3, 0.4) is 0 Å². The SMILES string of the molecule is Cc1ccc(NCC(=O)Nc2ccccc2C(=O)NC2CC2)c(C)c1. The number of carbonyl (C=O) groups is 2. The van der Waals surface area contributed by atoms with Crippen LogP contribution in [0.1, 0.15) is 34.3 Å². The van der Waals surface area contributed by atoms with Gasteiger partial charge in [0.2, 0.25) is 5.91 Å². The number of rotatable bonds is 6. The summed E-state index contributed by atoms with van der Waals surface area (Å²) in [7, 11) is 0. The maximum atomic E-state index is 12.3. The van der Waals surface area contributed by atoms with E-state index in [4.69, 9.17) is 0 Å². The molecule has 25 heavy (non-hydrogen) atoms. The summed E-state index contributed by atoms with van der Waals surface area (Å²) in [6.07, 6.45) is 2.06. The highest BCUT2D eigenvalue weighted by atomic mass is 16.2. The van der Waals surface area contributed by atoms with E-state index in [1.165, 1.54) is 5.56 Å². The lowest BCUT2D eigenvalue weighted by atomic mass is 10.1. The summed E-state index contributed by atoms with van der Waals surface area (Å²) in [5.74, 6) is -0.326. The lowest BCUT2D eigenvalue weighted by Gasteiger charge is -2.13. The van der Waals surface area contributed by atoms with Gasteiger partial charge in [0, 0.05) is 11.7 Å². The second-order valence-electron chi connectivity index (χ2n) is 6.51. The second kappa shape index (κ2) is 7.38. The van der Waals surface area contributed by atoms with Crippen molar-refractivity contribution in [2.24, 2.45) is 0 Å². The Morgan fingerprint density at radius 3 is 2.52 bits per heavy atom. The first-order chi connectivity index (χ1) is 12.0. The zero-order valence-electron chi connectivity index (χ0n) is 14.6. The van der Waals surface area contributed by atoms with E-state index in [0.29, 0.717) is 11.3 Å². The fourth-order valence-electron chi connectivity index (χ4n) is 2.66. The second-order valence-corrected chi connectivity index (χ2v) is 6.51. The maximum absolute atomic E-state index is 12.3. The minimum absolute atomic E-state index is 0.138. The van der Waals surface area contributed by atoms with Crippen LogP contribution in [0, 0.1) is 13.8 Å². The van der Waals surface area contributed by atoms with E-state index in [1.807, 2.05) is 26.0 Å². The van der Waals surface area contributed by atoms with Crippen molar-refractivity contribution in [3.63, 3.8) is 0 Å². The highest BCUT2D eigenvalue weighted by Crippen LogP contribution is 2.21. The molecule has 0 heterocycles. The molecule has 0 aliphatic heterocycles. The third kappa shape index (κ3) is 4.59. The minimum atomic E-state index is -0.188. The van der Waals surface area contributed by atoms with Crippen molar-refractivity contribution in [3.8, 4) is 0 Å². The minimum Gasteiger partial charge on any atom is -0.376 e. The Hall–Kier alpha value is -2.82. The topological polar surface area (TPSA) is 70.2 Å². The van der Waals surface area contributed by atoms with Gasteiger partial charge in [-0.2, -0.15) is 0 Å². The molecule has 0 bridgehead atoms. The van der Waals surface area contributed by atoms with Crippen LogP contribution >= 0.6 is 0 Å². The van der Waals surface area contributed by atoms with E-state index in [0.717, 1.165) is 24.1 Å². The first-order valence-corrected chi connectivity index (χ1v) is 8.54. The average molecular weight is 337 g/mol. The third-order valence-electron chi connectivity index (χ3n) is 4.18. The Bertz CT molecular complexity index is 797. The van der Waals surface area contributed by atoms with Crippen molar-refractivity contribution in [1.29, 1.82) is 0 Å². The third-order valence-corrected chi connectivity index (χ3v) is 4.18. The van der Waals surface area contributed by atoms with Gasteiger partial charge in [-0.25, -0.2) is 0 Å². The van der Waals surface area contributed by atoms with Crippen LogP contribution in [0.5, 0.6) is 0 Å². The molecule has 2 aromatic rings. The molecular weight excluding hydrogens is 314 g/mol. The van der Waals surface area contributed by atoms with E-state index in [-0.39, 0.29) is 24.4 Å². The summed E-state index contributed by atoms with van der Waals surface area (Å²) in [5, 5.41) is 8.91. The number of benzene rings is 2. The number of hydrogen-bond donors (Lipinski definition) is 3. The van der Waals surface area contributed by atoms with Crippen LogP contribution < -0.4 is 16.0 Å². The first-order valence-electron chi connectivity index (χ1n) is 8.54. The summed E-state index contributed by atoms with van der Waals surface area (Å²) in [6.45, 7) is 4.18. The molecule has 0 saturated heterocycles. The van der Waals surface area contributed by atoms with Crippen LogP contribution in [-0.2, 0) is 4.79 Å². The van der Waals surface area contributed by atoms with Gasteiger partial charge < -0.3 is 16.0 Å². The number of amides is 2. The largest absolute Gasteiger partial charge is 0.376 e. The van der Waals surface area contributed by atoms with E-state index < -0.39 is 0 Å². The molecule has 130 valence electrons. The molecule has 2 amide bonds. The summed E-state index contributed by atoms with van der Waals surface area (Å²) in [5.41, 5.74) is 4.24. The zero-order valence-corrected chi connectivity index (χ0v) is 14.6. The molecule has 0 atom stereocenters. The molecular formula is C20H23N3O2. The molecule has 1 aliphatic rings. The lowest BCUT2D eigenvalue weighted by molar-refractivity contribution is -0.114. The Kier molecular flexibility index (Phi) is 5.03. The molecule has 2 aromatic carbocycles.